The number of hydrogen-bond acceptors (Lipinski definition) is 2. The fraction of sp³-hybridized carbons (Fsp3) is 0.0588. The number of anilines is 1. The third kappa shape index (κ3) is 4.95. The van der Waals surface area contributed by atoms with Gasteiger partial charge in [-0.2, -0.15) is 0 Å². The molecule has 2 rings (SSSR count). The average molecular weight is 280 g/mol. The SMILES string of the molecule is NC(=O)Cc1ccc(NC(=O)/C=C/c2ccccc2)cc1. The Morgan fingerprint density at radius 3 is 2.29 bits per heavy atom. The third-order valence-electron chi connectivity index (χ3n) is 2.83. The quantitative estimate of drug-likeness (QED) is 0.825. The van der Waals surface area contributed by atoms with Gasteiger partial charge in [-0.3, -0.25) is 9.59 Å². The molecule has 0 aliphatic rings. The number of nitrogens with one attached hydrogen (secondary N) is 1. The summed E-state index contributed by atoms with van der Waals surface area (Å²) < 4.78 is 0. The molecule has 106 valence electrons. The maximum Gasteiger partial charge on any atom is 0.248 e. The number of nitrogens with two attached hydrogens (primary N) is 1. The van der Waals surface area contributed by atoms with Crippen molar-refractivity contribution in [1.82, 2.24) is 0 Å². The summed E-state index contributed by atoms with van der Waals surface area (Å²) in [5, 5.41) is 2.75. The van der Waals surface area contributed by atoms with E-state index in [1.54, 1.807) is 30.3 Å². The van der Waals surface area contributed by atoms with Gasteiger partial charge in [0, 0.05) is 11.8 Å². The number of hydrogen-bond donors (Lipinski definition) is 2. The van der Waals surface area contributed by atoms with E-state index in [2.05, 4.69) is 5.32 Å². The minimum absolute atomic E-state index is 0.197. The maximum atomic E-state index is 11.8. The van der Waals surface area contributed by atoms with Crippen LogP contribution in [0.1, 0.15) is 11.1 Å². The summed E-state index contributed by atoms with van der Waals surface area (Å²) in [6.07, 6.45) is 3.42. The first-order chi connectivity index (χ1) is 10.1. The van der Waals surface area contributed by atoms with E-state index in [0.717, 1.165) is 11.1 Å². The third-order valence-corrected chi connectivity index (χ3v) is 2.83. The van der Waals surface area contributed by atoms with Gasteiger partial charge in [0.1, 0.15) is 0 Å². The Hall–Kier alpha value is -2.88. The lowest BCUT2D eigenvalue weighted by Crippen LogP contribution is -2.13. The highest BCUT2D eigenvalue weighted by Gasteiger charge is 2.00. The van der Waals surface area contributed by atoms with Crippen molar-refractivity contribution in [2.75, 3.05) is 5.32 Å². The van der Waals surface area contributed by atoms with Crippen LogP contribution in [0.4, 0.5) is 5.69 Å². The predicted molar refractivity (Wildman–Crippen MR) is 83.4 cm³/mol. The molecular formula is C17H16N2O2. The molecule has 0 heterocycles. The molecule has 0 saturated carbocycles. The average Bonchev–Trinajstić information content (AvgIpc) is 2.48. The van der Waals surface area contributed by atoms with Crippen LogP contribution >= 0.6 is 0 Å². The van der Waals surface area contributed by atoms with Gasteiger partial charge in [0.25, 0.3) is 0 Å². The summed E-state index contributed by atoms with van der Waals surface area (Å²) in [5.41, 5.74) is 7.57. The second-order valence-electron chi connectivity index (χ2n) is 4.57. The van der Waals surface area contributed by atoms with Gasteiger partial charge >= 0.3 is 0 Å². The maximum absolute atomic E-state index is 11.8. The van der Waals surface area contributed by atoms with E-state index in [4.69, 9.17) is 5.73 Å². The first kappa shape index (κ1) is 14.5. The van der Waals surface area contributed by atoms with Crippen LogP contribution in [-0.4, -0.2) is 11.8 Å². The van der Waals surface area contributed by atoms with E-state index in [9.17, 15) is 9.59 Å². The zero-order valence-corrected chi connectivity index (χ0v) is 11.5. The summed E-state index contributed by atoms with van der Waals surface area (Å²) in [4.78, 5) is 22.6. The number of carbonyl (C=O) groups excluding carboxylic acids is 2. The Bertz CT molecular complexity index is 646. The van der Waals surface area contributed by atoms with Crippen LogP contribution in [0.5, 0.6) is 0 Å². The van der Waals surface area contributed by atoms with Gasteiger partial charge in [-0.1, -0.05) is 42.5 Å². The summed E-state index contributed by atoms with van der Waals surface area (Å²) in [7, 11) is 0. The topological polar surface area (TPSA) is 72.2 Å². The Balaban J connectivity index is 1.93. The van der Waals surface area contributed by atoms with Crippen LogP contribution in [0.3, 0.4) is 0 Å². The van der Waals surface area contributed by atoms with Crippen molar-refractivity contribution in [2.24, 2.45) is 5.73 Å². The van der Waals surface area contributed by atoms with Gasteiger partial charge < -0.3 is 11.1 Å². The fourth-order valence-corrected chi connectivity index (χ4v) is 1.83. The Morgan fingerprint density at radius 1 is 1.00 bits per heavy atom. The molecule has 0 saturated heterocycles. The van der Waals surface area contributed by atoms with E-state index in [0.29, 0.717) is 5.69 Å². The molecule has 0 aromatic heterocycles. The lowest BCUT2D eigenvalue weighted by atomic mass is 10.1. The van der Waals surface area contributed by atoms with Crippen molar-refractivity contribution in [3.8, 4) is 0 Å². The summed E-state index contributed by atoms with van der Waals surface area (Å²) >= 11 is 0. The molecule has 0 unspecified atom stereocenters. The second kappa shape index (κ2) is 7.05. The van der Waals surface area contributed by atoms with Crippen LogP contribution in [0.15, 0.2) is 60.7 Å². The molecule has 0 bridgehead atoms. The minimum Gasteiger partial charge on any atom is -0.369 e. The number of amides is 2. The molecule has 0 aliphatic heterocycles. The van der Waals surface area contributed by atoms with Gasteiger partial charge in [-0.05, 0) is 29.3 Å². The zero-order valence-electron chi connectivity index (χ0n) is 11.5. The molecule has 0 spiro atoms. The van der Waals surface area contributed by atoms with Crippen molar-refractivity contribution in [2.45, 2.75) is 6.42 Å². The highest BCUT2D eigenvalue weighted by molar-refractivity contribution is 6.01. The molecule has 4 heteroatoms. The summed E-state index contributed by atoms with van der Waals surface area (Å²) in [6, 6.07) is 16.6. The normalized spacial score (nSPS) is 10.5. The number of rotatable bonds is 5. The Morgan fingerprint density at radius 2 is 1.67 bits per heavy atom. The van der Waals surface area contributed by atoms with Crippen LogP contribution in [0.25, 0.3) is 6.08 Å². The van der Waals surface area contributed by atoms with Gasteiger partial charge in [-0.25, -0.2) is 0 Å². The molecular weight excluding hydrogens is 264 g/mol. The van der Waals surface area contributed by atoms with E-state index in [-0.39, 0.29) is 18.2 Å². The van der Waals surface area contributed by atoms with E-state index >= 15 is 0 Å². The van der Waals surface area contributed by atoms with E-state index in [1.165, 1.54) is 6.08 Å². The molecule has 21 heavy (non-hydrogen) atoms. The molecule has 0 atom stereocenters. The number of benzene rings is 2. The highest BCUT2D eigenvalue weighted by Crippen LogP contribution is 2.10. The predicted octanol–water partition coefficient (Wildman–Crippen LogP) is 2.37. The standard InChI is InChI=1S/C17H16N2O2/c18-16(20)12-14-6-9-15(10-7-14)19-17(21)11-8-13-4-2-1-3-5-13/h1-11H,12H2,(H2,18,20)(H,19,21)/b11-8+. The molecule has 0 fully saturated rings. The molecule has 2 aromatic carbocycles. The minimum atomic E-state index is -0.377. The van der Waals surface area contributed by atoms with Crippen molar-refractivity contribution in [3.05, 3.63) is 71.8 Å². The van der Waals surface area contributed by atoms with Crippen LogP contribution in [-0.2, 0) is 16.0 Å². The molecule has 0 aliphatic carbocycles. The largest absolute Gasteiger partial charge is 0.369 e. The molecule has 4 nitrogen and oxygen atoms in total. The van der Waals surface area contributed by atoms with Gasteiger partial charge in [0.2, 0.25) is 11.8 Å². The molecule has 2 amide bonds. The van der Waals surface area contributed by atoms with Crippen molar-refractivity contribution in [1.29, 1.82) is 0 Å². The van der Waals surface area contributed by atoms with Crippen molar-refractivity contribution >= 4 is 23.6 Å². The second-order valence-corrected chi connectivity index (χ2v) is 4.57. The molecule has 3 N–H and O–H groups in total. The first-order valence-electron chi connectivity index (χ1n) is 6.55. The van der Waals surface area contributed by atoms with Gasteiger partial charge in [0.05, 0.1) is 6.42 Å². The smallest absolute Gasteiger partial charge is 0.248 e. The lowest BCUT2D eigenvalue weighted by Gasteiger charge is -2.03. The van der Waals surface area contributed by atoms with Crippen molar-refractivity contribution in [3.63, 3.8) is 0 Å². The number of primary amides is 1. The molecule has 2 aromatic rings. The van der Waals surface area contributed by atoms with Gasteiger partial charge in [-0.15, -0.1) is 0 Å². The van der Waals surface area contributed by atoms with Gasteiger partial charge in [0.15, 0.2) is 0 Å². The first-order valence-corrected chi connectivity index (χ1v) is 6.55. The van der Waals surface area contributed by atoms with E-state index < -0.39 is 0 Å². The summed E-state index contributed by atoms with van der Waals surface area (Å²) in [5.74, 6) is -0.584. The fourth-order valence-electron chi connectivity index (χ4n) is 1.83. The lowest BCUT2D eigenvalue weighted by molar-refractivity contribution is -0.117. The van der Waals surface area contributed by atoms with Crippen LogP contribution in [0.2, 0.25) is 0 Å². The highest BCUT2D eigenvalue weighted by atomic mass is 16.1. The molecule has 0 radical (unpaired) electrons. The van der Waals surface area contributed by atoms with Crippen molar-refractivity contribution < 1.29 is 9.59 Å². The Labute approximate surface area is 123 Å². The zero-order chi connectivity index (χ0) is 15.1. The van der Waals surface area contributed by atoms with E-state index in [1.807, 2.05) is 30.3 Å². The Kier molecular flexibility index (Phi) is 4.88. The summed E-state index contributed by atoms with van der Waals surface area (Å²) in [6.45, 7) is 0. The monoisotopic (exact) mass is 280 g/mol. The van der Waals surface area contributed by atoms with Crippen LogP contribution < -0.4 is 11.1 Å². The number of carbonyl (C=O) groups is 2. The van der Waals surface area contributed by atoms with Crippen LogP contribution in [0, 0.1) is 0 Å².